The van der Waals surface area contributed by atoms with Gasteiger partial charge in [0.05, 0.1) is 17.1 Å². The highest BCUT2D eigenvalue weighted by atomic mass is 35.5. The molecule has 4 nitrogen and oxygen atoms in total. The van der Waals surface area contributed by atoms with Gasteiger partial charge in [0.2, 0.25) is 0 Å². The Hall–Kier alpha value is -2.01. The van der Waals surface area contributed by atoms with Gasteiger partial charge in [0.1, 0.15) is 5.75 Å². The third-order valence-electron chi connectivity index (χ3n) is 3.48. The van der Waals surface area contributed by atoms with E-state index >= 15 is 0 Å². The van der Waals surface area contributed by atoms with Crippen LogP contribution in [0.25, 0.3) is 10.9 Å². The number of nitrogens with zero attached hydrogens (tertiary/aromatic N) is 1. The number of para-hydroxylation sites is 1. The molecule has 0 aliphatic heterocycles. The van der Waals surface area contributed by atoms with E-state index in [0.717, 1.165) is 10.9 Å². The van der Waals surface area contributed by atoms with Gasteiger partial charge in [-0.2, -0.15) is 0 Å². The highest BCUT2D eigenvalue weighted by Crippen LogP contribution is 2.27. The van der Waals surface area contributed by atoms with Crippen LogP contribution in [0.5, 0.6) is 5.75 Å². The fraction of sp³-hybridized carbons (Fsp3) is 0.118. The summed E-state index contributed by atoms with van der Waals surface area (Å²) in [5.41, 5.74) is 1.42. The van der Waals surface area contributed by atoms with E-state index in [9.17, 15) is 9.90 Å². The summed E-state index contributed by atoms with van der Waals surface area (Å²) in [4.78, 5) is 12.4. The van der Waals surface area contributed by atoms with E-state index in [1.54, 1.807) is 24.4 Å². The second-order valence-electron chi connectivity index (χ2n) is 4.96. The number of carbonyl (C=O) groups excluding carboxylic acids is 1. The first-order chi connectivity index (χ1) is 11.1. The van der Waals surface area contributed by atoms with E-state index in [1.807, 2.05) is 24.3 Å². The average molecular weight is 350 g/mol. The Kier molecular flexibility index (Phi) is 4.57. The Labute approximate surface area is 142 Å². The fourth-order valence-corrected chi connectivity index (χ4v) is 2.85. The number of hydrogen-bond donors (Lipinski definition) is 1. The molecule has 0 fully saturated rings. The molecule has 0 aliphatic carbocycles. The molecular weight excluding hydrogens is 337 g/mol. The van der Waals surface area contributed by atoms with Crippen LogP contribution < -0.4 is 4.74 Å². The van der Waals surface area contributed by atoms with Crippen molar-refractivity contribution >= 4 is 40.0 Å². The molecule has 6 heteroatoms. The molecule has 2 aromatic carbocycles. The van der Waals surface area contributed by atoms with Crippen molar-refractivity contribution in [2.75, 3.05) is 6.61 Å². The molecule has 1 aromatic heterocycles. The first kappa shape index (κ1) is 15.9. The Morgan fingerprint density at radius 3 is 2.70 bits per heavy atom. The van der Waals surface area contributed by atoms with Gasteiger partial charge < -0.3 is 9.84 Å². The maximum absolute atomic E-state index is 12.4. The molecule has 1 N–H and O–H groups in total. The van der Waals surface area contributed by atoms with Gasteiger partial charge in [0.25, 0.3) is 5.91 Å². The van der Waals surface area contributed by atoms with Crippen molar-refractivity contribution in [3.63, 3.8) is 0 Å². The molecule has 0 amide bonds. The summed E-state index contributed by atoms with van der Waals surface area (Å²) in [5.74, 6) is 0.134. The van der Waals surface area contributed by atoms with Crippen LogP contribution in [0.3, 0.4) is 0 Å². The first-order valence-corrected chi connectivity index (χ1v) is 7.66. The van der Waals surface area contributed by atoms with Crippen molar-refractivity contribution in [3.05, 3.63) is 64.3 Å². The monoisotopic (exact) mass is 349 g/mol. The maximum Gasteiger partial charge on any atom is 0.268 e. The number of halogens is 2. The van der Waals surface area contributed by atoms with Crippen LogP contribution in [0, 0.1) is 0 Å². The van der Waals surface area contributed by atoms with Crippen LogP contribution in [0.15, 0.2) is 48.7 Å². The standard InChI is InChI=1S/C17H13Cl2NO3/c18-12-5-6-16(14(19)7-12)23-10-17(22)20-8-11(9-21)13-3-1-2-4-15(13)20/h1-8,21H,9-10H2. The summed E-state index contributed by atoms with van der Waals surface area (Å²) in [7, 11) is 0. The summed E-state index contributed by atoms with van der Waals surface area (Å²) < 4.78 is 6.95. The molecule has 0 saturated heterocycles. The predicted octanol–water partition coefficient (Wildman–Crippen LogP) is 4.16. The maximum atomic E-state index is 12.4. The minimum atomic E-state index is -0.257. The largest absolute Gasteiger partial charge is 0.482 e. The molecule has 0 bridgehead atoms. The molecule has 3 aromatic rings. The molecule has 0 saturated carbocycles. The zero-order chi connectivity index (χ0) is 16.4. The number of aliphatic hydroxyl groups is 1. The number of aliphatic hydroxyl groups excluding tert-OH is 1. The van der Waals surface area contributed by atoms with Crippen molar-refractivity contribution in [1.82, 2.24) is 4.57 Å². The quantitative estimate of drug-likeness (QED) is 0.769. The highest BCUT2D eigenvalue weighted by Gasteiger charge is 2.14. The number of ether oxygens (including phenoxy) is 1. The van der Waals surface area contributed by atoms with Crippen LogP contribution in [0.1, 0.15) is 10.4 Å². The van der Waals surface area contributed by atoms with Crippen molar-refractivity contribution in [3.8, 4) is 5.75 Å². The Balaban J connectivity index is 1.84. The lowest BCUT2D eigenvalue weighted by Crippen LogP contribution is -2.18. The zero-order valence-electron chi connectivity index (χ0n) is 12.0. The summed E-state index contributed by atoms with van der Waals surface area (Å²) in [6.07, 6.45) is 1.62. The van der Waals surface area contributed by atoms with E-state index in [0.29, 0.717) is 21.4 Å². The number of aromatic nitrogens is 1. The number of fused-ring (bicyclic) bond motifs is 1. The Bertz CT molecular complexity index is 873. The number of benzene rings is 2. The third-order valence-corrected chi connectivity index (χ3v) is 4.01. The fourth-order valence-electron chi connectivity index (χ4n) is 2.38. The lowest BCUT2D eigenvalue weighted by atomic mass is 10.2. The van der Waals surface area contributed by atoms with Crippen molar-refractivity contribution in [1.29, 1.82) is 0 Å². The minimum absolute atomic E-state index is 0.134. The topological polar surface area (TPSA) is 51.5 Å². The van der Waals surface area contributed by atoms with Gasteiger partial charge in [0, 0.05) is 22.2 Å². The molecule has 23 heavy (non-hydrogen) atoms. The summed E-state index contributed by atoms with van der Waals surface area (Å²) in [6, 6.07) is 12.2. The molecule has 0 unspecified atom stereocenters. The second kappa shape index (κ2) is 6.62. The van der Waals surface area contributed by atoms with Gasteiger partial charge in [-0.1, -0.05) is 41.4 Å². The van der Waals surface area contributed by atoms with Gasteiger partial charge in [-0.3, -0.25) is 9.36 Å². The van der Waals surface area contributed by atoms with E-state index in [4.69, 9.17) is 27.9 Å². The molecule has 0 aliphatic rings. The molecule has 0 spiro atoms. The molecule has 118 valence electrons. The van der Waals surface area contributed by atoms with Crippen molar-refractivity contribution in [2.45, 2.75) is 6.61 Å². The van der Waals surface area contributed by atoms with Crippen LogP contribution >= 0.6 is 23.2 Å². The van der Waals surface area contributed by atoms with E-state index in [-0.39, 0.29) is 19.1 Å². The van der Waals surface area contributed by atoms with Gasteiger partial charge in [-0.05, 0) is 24.3 Å². The van der Waals surface area contributed by atoms with Gasteiger partial charge in [-0.25, -0.2) is 0 Å². The molecular formula is C17H13Cl2NO3. The normalized spacial score (nSPS) is 10.9. The van der Waals surface area contributed by atoms with E-state index < -0.39 is 0 Å². The van der Waals surface area contributed by atoms with Crippen molar-refractivity contribution < 1.29 is 14.6 Å². The van der Waals surface area contributed by atoms with Crippen LogP contribution in [0.2, 0.25) is 10.0 Å². The SMILES string of the molecule is O=C(COc1ccc(Cl)cc1Cl)n1cc(CO)c2ccccc21. The van der Waals surface area contributed by atoms with Gasteiger partial charge >= 0.3 is 0 Å². The highest BCUT2D eigenvalue weighted by molar-refractivity contribution is 6.35. The Morgan fingerprint density at radius 2 is 1.96 bits per heavy atom. The molecule has 3 rings (SSSR count). The van der Waals surface area contributed by atoms with Crippen LogP contribution in [-0.4, -0.2) is 22.2 Å². The van der Waals surface area contributed by atoms with Crippen molar-refractivity contribution in [2.24, 2.45) is 0 Å². The summed E-state index contributed by atoms with van der Waals surface area (Å²) in [5, 5.41) is 11.1. The molecule has 0 atom stereocenters. The average Bonchev–Trinajstić information content (AvgIpc) is 2.93. The smallest absolute Gasteiger partial charge is 0.268 e. The Morgan fingerprint density at radius 1 is 1.17 bits per heavy atom. The van der Waals surface area contributed by atoms with Gasteiger partial charge in [0.15, 0.2) is 6.61 Å². The molecule has 0 radical (unpaired) electrons. The lowest BCUT2D eigenvalue weighted by Gasteiger charge is -2.08. The van der Waals surface area contributed by atoms with Crippen LogP contribution in [0.4, 0.5) is 0 Å². The van der Waals surface area contributed by atoms with E-state index in [1.165, 1.54) is 4.57 Å². The number of carbonyl (C=O) groups is 1. The third kappa shape index (κ3) is 3.20. The number of hydrogen-bond acceptors (Lipinski definition) is 3. The second-order valence-corrected chi connectivity index (χ2v) is 5.80. The molecule has 1 heterocycles. The van der Waals surface area contributed by atoms with Gasteiger partial charge in [-0.15, -0.1) is 0 Å². The summed E-state index contributed by atoms with van der Waals surface area (Å²) in [6.45, 7) is -0.310. The van der Waals surface area contributed by atoms with Crippen LogP contribution in [-0.2, 0) is 6.61 Å². The van der Waals surface area contributed by atoms with E-state index in [2.05, 4.69) is 0 Å². The lowest BCUT2D eigenvalue weighted by molar-refractivity contribution is 0.0843. The summed E-state index contributed by atoms with van der Waals surface area (Å²) >= 11 is 11.8. The number of rotatable bonds is 4. The zero-order valence-corrected chi connectivity index (χ0v) is 13.5. The predicted molar refractivity (Wildman–Crippen MR) is 90.4 cm³/mol. The minimum Gasteiger partial charge on any atom is -0.482 e. The first-order valence-electron chi connectivity index (χ1n) is 6.91.